The number of hydrogen-bond acceptors (Lipinski definition) is 3. The lowest BCUT2D eigenvalue weighted by atomic mass is 9.30. The van der Waals surface area contributed by atoms with Crippen LogP contribution in [-0.4, -0.2) is 18.0 Å². The lowest BCUT2D eigenvalue weighted by Crippen LogP contribution is -2.65. The molecule has 0 saturated heterocycles. The Kier molecular flexibility index (Phi) is 6.42. The van der Waals surface area contributed by atoms with Crippen molar-refractivity contribution in [2.24, 2.45) is 0 Å². The lowest BCUT2D eigenvalue weighted by Gasteiger charge is -2.46. The second-order valence-corrected chi connectivity index (χ2v) is 16.4. The maximum absolute atomic E-state index is 2.61. The minimum atomic E-state index is 0.0141. The normalized spacial score (nSPS) is 13.8. The smallest absolute Gasteiger partial charge is 0.252 e. The topological polar surface area (TPSA) is 14.7 Å². The van der Waals surface area contributed by atoms with Crippen molar-refractivity contribution in [2.45, 2.75) is 0 Å². The highest BCUT2D eigenvalue weighted by Crippen LogP contribution is 2.47. The van der Waals surface area contributed by atoms with Crippen molar-refractivity contribution in [3.63, 3.8) is 0 Å². The van der Waals surface area contributed by atoms with E-state index in [0.717, 1.165) is 17.1 Å². The van der Waals surface area contributed by atoms with Gasteiger partial charge < -0.3 is 19.3 Å². The van der Waals surface area contributed by atoms with Gasteiger partial charge in [-0.2, -0.15) is 0 Å². The summed E-state index contributed by atoms with van der Waals surface area (Å²) in [6.07, 6.45) is 0. The molecule has 6 heteroatoms. The van der Waals surface area contributed by atoms with Crippen LogP contribution in [0.1, 0.15) is 0 Å². The molecule has 10 aromatic rings. The highest BCUT2D eigenvalue weighted by molar-refractivity contribution is 7.03. The van der Waals surface area contributed by atoms with Crippen molar-refractivity contribution >= 4 is 119 Å². The summed E-state index contributed by atoms with van der Waals surface area (Å²) in [6.45, 7) is 0.0405. The molecule has 0 bridgehead atoms. The van der Waals surface area contributed by atoms with Gasteiger partial charge in [0.1, 0.15) is 0 Å². The third-order valence-electron chi connectivity index (χ3n) is 13.5. The van der Waals surface area contributed by atoms with Crippen LogP contribution in [0, 0.1) is 0 Å². The molecule has 5 heterocycles. The first-order valence-electron chi connectivity index (χ1n) is 20.9. The summed E-state index contributed by atoms with van der Waals surface area (Å²) in [4.78, 5) is 7.52. The van der Waals surface area contributed by atoms with Gasteiger partial charge in [0.15, 0.2) is 0 Å². The van der Waals surface area contributed by atoms with E-state index in [9.17, 15) is 0 Å². The monoisotopic (exact) mass is 760 g/mol. The molecule has 0 amide bonds. The molecule has 0 unspecified atom stereocenters. The average molecular weight is 761 g/mol. The Morgan fingerprint density at radius 2 is 0.717 bits per heavy atom. The van der Waals surface area contributed by atoms with Gasteiger partial charge in [0.2, 0.25) is 0 Å². The minimum absolute atomic E-state index is 0.0141. The van der Waals surface area contributed by atoms with Crippen molar-refractivity contribution in [1.82, 2.24) is 4.57 Å². The third-order valence-corrected chi connectivity index (χ3v) is 13.5. The predicted molar refractivity (Wildman–Crippen MR) is 254 cm³/mol. The molecule has 276 valence electrons. The summed E-state index contributed by atoms with van der Waals surface area (Å²) in [5, 5.41) is 2.60. The van der Waals surface area contributed by atoms with Crippen LogP contribution in [0.5, 0.6) is 0 Å². The summed E-state index contributed by atoms with van der Waals surface area (Å²) in [5.41, 5.74) is 22.6. The van der Waals surface area contributed by atoms with E-state index in [1.807, 2.05) is 0 Å². The van der Waals surface area contributed by atoms with Crippen LogP contribution in [0.2, 0.25) is 0 Å². The number of aromatic nitrogens is 1. The fraction of sp³-hybridized carbons (Fsp3) is 0. The number of benzene rings is 9. The SMILES string of the molecule is c1ccc(N2c3ccccc3B3c4cc5c(cc4N(c4ccccc4)c4cccc2c43)N(c2ccccc2)c2cccc3c2B5c2cccc4c5ccccc5n-3c24)cc1. The summed E-state index contributed by atoms with van der Waals surface area (Å²) in [6, 6.07) is 76.7. The van der Waals surface area contributed by atoms with Crippen molar-refractivity contribution in [2.75, 3.05) is 14.7 Å². The van der Waals surface area contributed by atoms with Crippen molar-refractivity contribution < 1.29 is 0 Å². The fourth-order valence-corrected chi connectivity index (χ4v) is 11.3. The van der Waals surface area contributed by atoms with Gasteiger partial charge in [-0.25, -0.2) is 0 Å². The van der Waals surface area contributed by atoms with Crippen LogP contribution < -0.4 is 47.5 Å². The van der Waals surface area contributed by atoms with Crippen LogP contribution in [0.25, 0.3) is 27.5 Å². The predicted octanol–water partition coefficient (Wildman–Crippen LogP) is 9.48. The summed E-state index contributed by atoms with van der Waals surface area (Å²) < 4.78 is 2.54. The molecule has 0 fully saturated rings. The highest BCUT2D eigenvalue weighted by Gasteiger charge is 2.47. The first-order chi connectivity index (χ1) is 29.8. The maximum Gasteiger partial charge on any atom is 0.252 e. The largest absolute Gasteiger partial charge is 0.311 e. The van der Waals surface area contributed by atoms with Crippen LogP contribution >= 0.6 is 0 Å². The molecule has 0 aliphatic carbocycles. The molecule has 0 spiro atoms. The summed E-state index contributed by atoms with van der Waals surface area (Å²) in [7, 11) is 0. The lowest BCUT2D eigenvalue weighted by molar-refractivity contribution is 1.18. The molecule has 14 rings (SSSR count). The molecule has 0 saturated carbocycles. The Labute approximate surface area is 349 Å². The van der Waals surface area contributed by atoms with Crippen LogP contribution in [0.4, 0.5) is 51.2 Å². The first-order valence-corrected chi connectivity index (χ1v) is 20.9. The molecular weight excluding hydrogens is 726 g/mol. The Balaban J connectivity index is 1.12. The molecule has 60 heavy (non-hydrogen) atoms. The average Bonchev–Trinajstić information content (AvgIpc) is 3.66. The zero-order valence-electron chi connectivity index (χ0n) is 32.6. The Morgan fingerprint density at radius 3 is 1.35 bits per heavy atom. The molecule has 0 atom stereocenters. The Morgan fingerprint density at radius 1 is 0.283 bits per heavy atom. The van der Waals surface area contributed by atoms with E-state index in [0.29, 0.717) is 0 Å². The van der Waals surface area contributed by atoms with Gasteiger partial charge in [-0.15, -0.1) is 0 Å². The molecule has 4 nitrogen and oxygen atoms in total. The number of nitrogens with zero attached hydrogens (tertiary/aromatic N) is 4. The van der Waals surface area contributed by atoms with Gasteiger partial charge in [0, 0.05) is 73.2 Å². The van der Waals surface area contributed by atoms with E-state index in [1.54, 1.807) is 0 Å². The minimum Gasteiger partial charge on any atom is -0.311 e. The van der Waals surface area contributed by atoms with E-state index < -0.39 is 0 Å². The van der Waals surface area contributed by atoms with Gasteiger partial charge in [-0.1, -0.05) is 127 Å². The number of para-hydroxylation sites is 6. The molecule has 1 aromatic heterocycles. The van der Waals surface area contributed by atoms with Crippen molar-refractivity contribution in [1.29, 1.82) is 0 Å². The molecule has 0 radical (unpaired) electrons. The Hall–Kier alpha value is -7.69. The van der Waals surface area contributed by atoms with Crippen LogP contribution in [0.15, 0.2) is 206 Å². The number of hydrogen-bond donors (Lipinski definition) is 0. The first kappa shape index (κ1) is 32.3. The second-order valence-electron chi connectivity index (χ2n) is 16.4. The molecule has 0 N–H and O–H groups in total. The second kappa shape index (κ2) is 11.9. The van der Waals surface area contributed by atoms with E-state index in [4.69, 9.17) is 0 Å². The van der Waals surface area contributed by atoms with E-state index in [-0.39, 0.29) is 13.4 Å². The van der Waals surface area contributed by atoms with E-state index in [2.05, 4.69) is 226 Å². The maximum atomic E-state index is 2.61. The number of fused-ring (bicyclic) bond motifs is 11. The molecule has 9 aromatic carbocycles. The highest BCUT2D eigenvalue weighted by atomic mass is 15.2. The van der Waals surface area contributed by atoms with Crippen molar-refractivity contribution in [3.05, 3.63) is 206 Å². The third kappa shape index (κ3) is 4.12. The molecule has 4 aliphatic heterocycles. The van der Waals surface area contributed by atoms with Gasteiger partial charge in [0.25, 0.3) is 13.4 Å². The number of rotatable bonds is 3. The van der Waals surface area contributed by atoms with Crippen LogP contribution in [-0.2, 0) is 0 Å². The van der Waals surface area contributed by atoms with Gasteiger partial charge in [0.05, 0.1) is 5.52 Å². The van der Waals surface area contributed by atoms with Gasteiger partial charge >= 0.3 is 0 Å². The van der Waals surface area contributed by atoms with Gasteiger partial charge in [-0.05, 0) is 112 Å². The standard InChI is InChI=1S/C54H34B2N4/c1-4-17-35(18-5-1)57-45-28-13-11-25-40(45)55-42-33-43-51(34-50(42)58(36-19-6-2-7-20-36)47-30-15-29-46(57)52(47)55)59(37-21-8-3-9-22-37)48-31-16-32-49-53(48)56(43)41-26-14-24-39-38-23-10-12-27-44(38)60(49)54(39)41/h1-34H. The molecule has 4 aliphatic rings. The van der Waals surface area contributed by atoms with Crippen LogP contribution in [0.3, 0.4) is 0 Å². The quantitative estimate of drug-likeness (QED) is 0.167. The van der Waals surface area contributed by atoms with E-state index in [1.165, 1.54) is 94.4 Å². The summed E-state index contributed by atoms with van der Waals surface area (Å²) >= 11 is 0. The van der Waals surface area contributed by atoms with E-state index >= 15 is 0 Å². The fourth-order valence-electron chi connectivity index (χ4n) is 11.3. The number of anilines is 9. The van der Waals surface area contributed by atoms with Gasteiger partial charge in [-0.3, -0.25) is 0 Å². The van der Waals surface area contributed by atoms with Crippen molar-refractivity contribution in [3.8, 4) is 5.69 Å². The zero-order chi connectivity index (χ0) is 39.1. The zero-order valence-corrected chi connectivity index (χ0v) is 32.6. The Bertz CT molecular complexity index is 3420. The molecular formula is C54H34B2N4. The summed E-state index contributed by atoms with van der Waals surface area (Å²) in [5.74, 6) is 0.